The van der Waals surface area contributed by atoms with Crippen LogP contribution in [0.4, 0.5) is 0 Å². The van der Waals surface area contributed by atoms with E-state index in [1.165, 1.54) is 0 Å². The van der Waals surface area contributed by atoms with Crippen LogP contribution in [0.3, 0.4) is 0 Å². The van der Waals surface area contributed by atoms with Gasteiger partial charge in [0.1, 0.15) is 11.6 Å². The van der Waals surface area contributed by atoms with Crippen LogP contribution < -0.4 is 5.73 Å². The average Bonchev–Trinajstić information content (AvgIpc) is 2.13. The molecule has 0 amide bonds. The molecule has 0 saturated carbocycles. The third-order valence-electron chi connectivity index (χ3n) is 2.09. The van der Waals surface area contributed by atoms with Gasteiger partial charge in [0.2, 0.25) is 0 Å². The summed E-state index contributed by atoms with van der Waals surface area (Å²) in [6.45, 7) is 9.10. The maximum atomic E-state index is 11.6. The standard InChI is InChI=1S/C12H23NO4/c1-6-16-9(14)7-8(2)10(13)11(15)17-12(3,4)5/h8,10H,6-7,13H2,1-5H3/t8-,10+/m1/s1. The third-order valence-corrected chi connectivity index (χ3v) is 2.09. The first kappa shape index (κ1) is 15.9. The average molecular weight is 245 g/mol. The van der Waals surface area contributed by atoms with Crippen molar-refractivity contribution in [1.82, 2.24) is 0 Å². The van der Waals surface area contributed by atoms with E-state index >= 15 is 0 Å². The summed E-state index contributed by atoms with van der Waals surface area (Å²) < 4.78 is 9.94. The van der Waals surface area contributed by atoms with E-state index in [0.717, 1.165) is 0 Å². The minimum absolute atomic E-state index is 0.119. The predicted molar refractivity (Wildman–Crippen MR) is 64.2 cm³/mol. The van der Waals surface area contributed by atoms with Crippen LogP contribution in [0.1, 0.15) is 41.0 Å². The van der Waals surface area contributed by atoms with Gasteiger partial charge < -0.3 is 15.2 Å². The Labute approximate surface area is 103 Å². The number of esters is 2. The van der Waals surface area contributed by atoms with Gasteiger partial charge in [-0.1, -0.05) is 6.92 Å². The molecule has 0 aromatic carbocycles. The maximum absolute atomic E-state index is 11.6. The summed E-state index contributed by atoms with van der Waals surface area (Å²) in [6, 6.07) is -0.807. The number of hydrogen-bond acceptors (Lipinski definition) is 5. The summed E-state index contributed by atoms with van der Waals surface area (Å²) in [7, 11) is 0. The summed E-state index contributed by atoms with van der Waals surface area (Å²) >= 11 is 0. The number of nitrogens with two attached hydrogens (primary N) is 1. The molecular weight excluding hydrogens is 222 g/mol. The van der Waals surface area contributed by atoms with Gasteiger partial charge in [-0.3, -0.25) is 9.59 Å². The highest BCUT2D eigenvalue weighted by atomic mass is 16.6. The lowest BCUT2D eigenvalue weighted by atomic mass is 9.99. The number of rotatable bonds is 5. The minimum atomic E-state index is -0.807. The van der Waals surface area contributed by atoms with E-state index in [1.54, 1.807) is 34.6 Å². The highest BCUT2D eigenvalue weighted by Crippen LogP contribution is 2.13. The van der Waals surface area contributed by atoms with Crippen LogP contribution in [0.15, 0.2) is 0 Å². The molecule has 5 heteroatoms. The van der Waals surface area contributed by atoms with Crippen LogP contribution in [0.5, 0.6) is 0 Å². The van der Waals surface area contributed by atoms with Crippen LogP contribution in [-0.4, -0.2) is 30.2 Å². The minimum Gasteiger partial charge on any atom is -0.466 e. The van der Waals surface area contributed by atoms with Crippen molar-refractivity contribution in [3.63, 3.8) is 0 Å². The Hall–Kier alpha value is -1.10. The van der Waals surface area contributed by atoms with E-state index in [4.69, 9.17) is 15.2 Å². The van der Waals surface area contributed by atoms with Gasteiger partial charge in [-0.15, -0.1) is 0 Å². The van der Waals surface area contributed by atoms with Crippen molar-refractivity contribution in [2.75, 3.05) is 6.61 Å². The van der Waals surface area contributed by atoms with Gasteiger partial charge in [0.15, 0.2) is 0 Å². The van der Waals surface area contributed by atoms with Gasteiger partial charge >= 0.3 is 11.9 Å². The van der Waals surface area contributed by atoms with Crippen molar-refractivity contribution in [1.29, 1.82) is 0 Å². The molecule has 0 fully saturated rings. The van der Waals surface area contributed by atoms with Crippen LogP contribution in [-0.2, 0) is 19.1 Å². The van der Waals surface area contributed by atoms with Crippen molar-refractivity contribution in [2.45, 2.75) is 52.7 Å². The fourth-order valence-corrected chi connectivity index (χ4v) is 1.21. The molecule has 0 aromatic rings. The molecule has 2 atom stereocenters. The number of carbonyl (C=O) groups excluding carboxylic acids is 2. The molecule has 0 heterocycles. The first-order chi connectivity index (χ1) is 7.67. The quantitative estimate of drug-likeness (QED) is 0.737. The molecule has 0 saturated heterocycles. The van der Waals surface area contributed by atoms with Crippen LogP contribution in [0.25, 0.3) is 0 Å². The van der Waals surface area contributed by atoms with Gasteiger partial charge in [0, 0.05) is 0 Å². The molecule has 0 spiro atoms. The Balaban J connectivity index is 4.25. The van der Waals surface area contributed by atoms with E-state index in [9.17, 15) is 9.59 Å². The van der Waals surface area contributed by atoms with Crippen molar-refractivity contribution >= 4 is 11.9 Å². The van der Waals surface area contributed by atoms with E-state index in [2.05, 4.69) is 0 Å². The van der Waals surface area contributed by atoms with Crippen LogP contribution in [0, 0.1) is 5.92 Å². The van der Waals surface area contributed by atoms with Crippen LogP contribution >= 0.6 is 0 Å². The summed E-state index contributed by atoms with van der Waals surface area (Å²) in [6.07, 6.45) is 0.119. The zero-order valence-electron chi connectivity index (χ0n) is 11.3. The van der Waals surface area contributed by atoms with Gasteiger partial charge in [0.25, 0.3) is 0 Å². The summed E-state index contributed by atoms with van der Waals surface area (Å²) in [4.78, 5) is 22.9. The predicted octanol–water partition coefficient (Wildman–Crippen LogP) is 1.24. The number of ether oxygens (including phenoxy) is 2. The number of hydrogen-bond donors (Lipinski definition) is 1. The topological polar surface area (TPSA) is 78.6 Å². The second-order valence-corrected chi connectivity index (χ2v) is 5.05. The molecular formula is C12H23NO4. The van der Waals surface area contributed by atoms with Gasteiger partial charge in [-0.05, 0) is 33.6 Å². The molecule has 0 aromatic heterocycles. The lowest BCUT2D eigenvalue weighted by molar-refractivity contribution is -0.158. The third kappa shape index (κ3) is 6.94. The first-order valence-corrected chi connectivity index (χ1v) is 5.81. The molecule has 0 unspecified atom stereocenters. The van der Waals surface area contributed by atoms with Gasteiger partial charge in [-0.25, -0.2) is 0 Å². The summed E-state index contributed by atoms with van der Waals surface area (Å²) in [5.41, 5.74) is 5.16. The molecule has 0 radical (unpaired) electrons. The molecule has 0 rings (SSSR count). The highest BCUT2D eigenvalue weighted by molar-refractivity contribution is 5.78. The van der Waals surface area contributed by atoms with E-state index in [1.807, 2.05) is 0 Å². The SMILES string of the molecule is CCOC(=O)C[C@@H](C)[C@H](N)C(=O)OC(C)(C)C. The van der Waals surface area contributed by atoms with E-state index < -0.39 is 17.6 Å². The molecule has 0 aliphatic carbocycles. The molecule has 0 aliphatic rings. The smallest absolute Gasteiger partial charge is 0.323 e. The molecule has 100 valence electrons. The number of carbonyl (C=O) groups is 2. The molecule has 2 N–H and O–H groups in total. The zero-order valence-corrected chi connectivity index (χ0v) is 11.3. The van der Waals surface area contributed by atoms with E-state index in [-0.39, 0.29) is 18.3 Å². The largest absolute Gasteiger partial charge is 0.466 e. The molecule has 5 nitrogen and oxygen atoms in total. The summed E-state index contributed by atoms with van der Waals surface area (Å²) in [5.74, 6) is -1.14. The van der Waals surface area contributed by atoms with Crippen molar-refractivity contribution in [2.24, 2.45) is 11.7 Å². The Morgan fingerprint density at radius 3 is 2.24 bits per heavy atom. The lowest BCUT2D eigenvalue weighted by Gasteiger charge is -2.24. The van der Waals surface area contributed by atoms with Crippen molar-refractivity contribution in [3.8, 4) is 0 Å². The Bertz CT molecular complexity index is 270. The highest BCUT2D eigenvalue weighted by Gasteiger charge is 2.28. The lowest BCUT2D eigenvalue weighted by Crippen LogP contribution is -2.42. The molecule has 0 aliphatic heterocycles. The van der Waals surface area contributed by atoms with Crippen LogP contribution in [0.2, 0.25) is 0 Å². The second kappa shape index (κ2) is 6.59. The Morgan fingerprint density at radius 1 is 1.29 bits per heavy atom. The maximum Gasteiger partial charge on any atom is 0.323 e. The van der Waals surface area contributed by atoms with E-state index in [0.29, 0.717) is 6.61 Å². The molecule has 0 bridgehead atoms. The van der Waals surface area contributed by atoms with Crippen molar-refractivity contribution in [3.05, 3.63) is 0 Å². The monoisotopic (exact) mass is 245 g/mol. The second-order valence-electron chi connectivity index (χ2n) is 5.05. The first-order valence-electron chi connectivity index (χ1n) is 5.81. The summed E-state index contributed by atoms with van der Waals surface area (Å²) in [5, 5.41) is 0. The fraction of sp³-hybridized carbons (Fsp3) is 0.833. The Morgan fingerprint density at radius 2 is 1.82 bits per heavy atom. The van der Waals surface area contributed by atoms with Crippen molar-refractivity contribution < 1.29 is 19.1 Å². The van der Waals surface area contributed by atoms with Gasteiger partial charge in [0.05, 0.1) is 13.0 Å². The Kier molecular flexibility index (Phi) is 6.16. The fourth-order valence-electron chi connectivity index (χ4n) is 1.21. The van der Waals surface area contributed by atoms with Gasteiger partial charge in [-0.2, -0.15) is 0 Å². The molecule has 17 heavy (non-hydrogen) atoms. The normalized spacial score (nSPS) is 14.9. The zero-order chi connectivity index (χ0) is 13.6.